The molecule has 0 saturated carbocycles. The molecular weight excluding hydrogens is 296 g/mol. The molecule has 92 valence electrons. The van der Waals surface area contributed by atoms with Crippen LogP contribution in [-0.4, -0.2) is 5.16 Å². The quantitative estimate of drug-likeness (QED) is 0.628. The van der Waals surface area contributed by atoms with Crippen LogP contribution in [0.25, 0.3) is 11.0 Å². The molecule has 0 unspecified atom stereocenters. The van der Waals surface area contributed by atoms with Gasteiger partial charge in [-0.2, -0.15) is 5.16 Å². The van der Waals surface area contributed by atoms with Gasteiger partial charge in [-0.15, -0.1) is 0 Å². The minimum atomic E-state index is -0.181. The van der Waals surface area contributed by atoms with Crippen LogP contribution >= 0.6 is 0 Å². The SMILES string of the molecule is O=c1[nH]oc2c[nH+]cc(Cc3ccccc3)c12.[Br-]. The van der Waals surface area contributed by atoms with E-state index in [0.29, 0.717) is 17.4 Å². The van der Waals surface area contributed by atoms with E-state index >= 15 is 0 Å². The minimum Gasteiger partial charge on any atom is -1.00 e. The van der Waals surface area contributed by atoms with Gasteiger partial charge in [0.2, 0.25) is 11.8 Å². The third-order valence-electron chi connectivity index (χ3n) is 2.76. The summed E-state index contributed by atoms with van der Waals surface area (Å²) in [7, 11) is 0. The van der Waals surface area contributed by atoms with Gasteiger partial charge in [-0.1, -0.05) is 30.3 Å². The first-order valence-electron chi connectivity index (χ1n) is 5.38. The fourth-order valence-corrected chi connectivity index (χ4v) is 1.97. The van der Waals surface area contributed by atoms with Crippen LogP contribution in [0.5, 0.6) is 0 Å². The van der Waals surface area contributed by atoms with Crippen molar-refractivity contribution in [1.29, 1.82) is 0 Å². The number of hydrogen-bond acceptors (Lipinski definition) is 2. The van der Waals surface area contributed by atoms with Crippen LogP contribution in [0.2, 0.25) is 0 Å². The van der Waals surface area contributed by atoms with E-state index < -0.39 is 0 Å². The lowest BCUT2D eigenvalue weighted by Gasteiger charge is -1.98. The Bertz CT molecular complexity index is 704. The Hall–Kier alpha value is -1.88. The fourth-order valence-electron chi connectivity index (χ4n) is 1.97. The van der Waals surface area contributed by atoms with Crippen LogP contribution in [0, 0.1) is 0 Å². The topological polar surface area (TPSA) is 60.1 Å². The van der Waals surface area contributed by atoms with Crippen molar-refractivity contribution in [2.75, 3.05) is 0 Å². The summed E-state index contributed by atoms with van der Waals surface area (Å²) < 4.78 is 5.06. The standard InChI is InChI=1S/C13H10N2O2.BrH/c16-13-12-10(6-9-4-2-1-3-5-9)7-14-8-11(12)17-15-13;/h1-5,7-8H,6H2,(H,15,16);1H. The summed E-state index contributed by atoms with van der Waals surface area (Å²) in [5.41, 5.74) is 2.47. The Labute approximate surface area is 113 Å². The number of aromatic nitrogens is 2. The van der Waals surface area contributed by atoms with Crippen molar-refractivity contribution in [3.05, 3.63) is 64.2 Å². The largest absolute Gasteiger partial charge is 1.00 e. The van der Waals surface area contributed by atoms with Crippen molar-refractivity contribution in [1.82, 2.24) is 5.16 Å². The van der Waals surface area contributed by atoms with Gasteiger partial charge in [0.05, 0.1) is 0 Å². The van der Waals surface area contributed by atoms with Gasteiger partial charge in [-0.25, -0.2) is 4.98 Å². The van der Waals surface area contributed by atoms with Crippen LogP contribution in [0.3, 0.4) is 0 Å². The second-order valence-electron chi connectivity index (χ2n) is 3.92. The first-order valence-corrected chi connectivity index (χ1v) is 5.38. The number of hydrogen-bond donors (Lipinski definition) is 1. The van der Waals surface area contributed by atoms with Crippen molar-refractivity contribution in [3.63, 3.8) is 0 Å². The Kier molecular flexibility index (Phi) is 3.62. The number of benzene rings is 1. The molecule has 2 N–H and O–H groups in total. The van der Waals surface area contributed by atoms with E-state index in [1.165, 1.54) is 0 Å². The maximum absolute atomic E-state index is 11.6. The van der Waals surface area contributed by atoms with Crippen molar-refractivity contribution < 1.29 is 26.5 Å². The maximum Gasteiger partial charge on any atom is 0.288 e. The van der Waals surface area contributed by atoms with Crippen molar-refractivity contribution in [2.45, 2.75) is 6.42 Å². The van der Waals surface area contributed by atoms with Gasteiger partial charge in [0, 0.05) is 12.0 Å². The normalized spacial score (nSPS) is 10.2. The number of pyridine rings is 1. The molecular formula is C13H11BrN2O2. The third-order valence-corrected chi connectivity index (χ3v) is 2.76. The molecule has 2 heterocycles. The monoisotopic (exact) mass is 306 g/mol. The molecule has 3 rings (SSSR count). The van der Waals surface area contributed by atoms with E-state index in [2.05, 4.69) is 10.1 Å². The van der Waals surface area contributed by atoms with Crippen LogP contribution in [-0.2, 0) is 6.42 Å². The predicted molar refractivity (Wildman–Crippen MR) is 62.6 cm³/mol. The first-order chi connectivity index (χ1) is 8.34. The number of rotatable bonds is 2. The highest BCUT2D eigenvalue weighted by Gasteiger charge is 2.12. The zero-order chi connectivity index (χ0) is 11.7. The molecule has 0 aliphatic heterocycles. The van der Waals surface area contributed by atoms with Gasteiger partial charge >= 0.3 is 0 Å². The van der Waals surface area contributed by atoms with Crippen LogP contribution in [0.1, 0.15) is 11.1 Å². The smallest absolute Gasteiger partial charge is 0.288 e. The summed E-state index contributed by atoms with van der Waals surface area (Å²) in [5.74, 6) is 0. The van der Waals surface area contributed by atoms with Gasteiger partial charge in [0.25, 0.3) is 5.56 Å². The van der Waals surface area contributed by atoms with E-state index in [1.807, 2.05) is 36.5 Å². The maximum atomic E-state index is 11.6. The third kappa shape index (κ3) is 2.22. The summed E-state index contributed by atoms with van der Waals surface area (Å²) in [6, 6.07) is 10.0. The molecule has 1 aromatic carbocycles. The second kappa shape index (κ2) is 5.18. The molecule has 3 aromatic rings. The van der Waals surface area contributed by atoms with E-state index in [4.69, 9.17) is 4.52 Å². The summed E-state index contributed by atoms with van der Waals surface area (Å²) >= 11 is 0. The molecule has 0 bridgehead atoms. The molecule has 0 aliphatic rings. The number of H-pyrrole nitrogens is 2. The molecule has 2 aromatic heterocycles. The van der Waals surface area contributed by atoms with Gasteiger partial charge in [0.1, 0.15) is 5.39 Å². The van der Waals surface area contributed by atoms with Crippen LogP contribution in [0.4, 0.5) is 0 Å². The summed E-state index contributed by atoms with van der Waals surface area (Å²) in [5, 5.41) is 2.97. The van der Waals surface area contributed by atoms with Crippen molar-refractivity contribution in [3.8, 4) is 0 Å². The Balaban J connectivity index is 0.00000120. The lowest BCUT2D eigenvalue weighted by atomic mass is 10.0. The van der Waals surface area contributed by atoms with E-state index in [-0.39, 0.29) is 22.5 Å². The van der Waals surface area contributed by atoms with Gasteiger partial charge in [0.15, 0.2) is 6.20 Å². The van der Waals surface area contributed by atoms with Gasteiger partial charge in [-0.05, 0) is 5.56 Å². The number of aromatic amines is 2. The first kappa shape index (κ1) is 12.6. The zero-order valence-corrected chi connectivity index (χ0v) is 11.0. The van der Waals surface area contributed by atoms with Crippen LogP contribution in [0.15, 0.2) is 52.0 Å². The van der Waals surface area contributed by atoms with Crippen molar-refractivity contribution >= 4 is 11.0 Å². The molecule has 0 fully saturated rings. The van der Waals surface area contributed by atoms with Crippen LogP contribution < -0.4 is 27.5 Å². The molecule has 0 aliphatic carbocycles. The van der Waals surface area contributed by atoms with Crippen molar-refractivity contribution in [2.24, 2.45) is 0 Å². The minimum absolute atomic E-state index is 0. The summed E-state index contributed by atoms with van der Waals surface area (Å²) in [6.07, 6.45) is 4.21. The lowest BCUT2D eigenvalue weighted by Crippen LogP contribution is -3.00. The fraction of sp³-hybridized carbons (Fsp3) is 0.0769. The molecule has 0 spiro atoms. The highest BCUT2D eigenvalue weighted by Crippen LogP contribution is 2.15. The molecule has 0 atom stereocenters. The van der Waals surface area contributed by atoms with E-state index in [1.54, 1.807) is 6.20 Å². The Morgan fingerprint density at radius 1 is 1.17 bits per heavy atom. The van der Waals surface area contributed by atoms with E-state index in [0.717, 1.165) is 11.1 Å². The summed E-state index contributed by atoms with van der Waals surface area (Å²) in [4.78, 5) is 14.6. The Morgan fingerprint density at radius 2 is 1.94 bits per heavy atom. The predicted octanol–water partition coefficient (Wildman–Crippen LogP) is -1.47. The zero-order valence-electron chi connectivity index (χ0n) is 9.44. The van der Waals surface area contributed by atoms with Gasteiger partial charge < -0.3 is 21.5 Å². The highest BCUT2D eigenvalue weighted by atomic mass is 79.9. The lowest BCUT2D eigenvalue weighted by molar-refractivity contribution is -0.377. The second-order valence-corrected chi connectivity index (χ2v) is 3.92. The average molecular weight is 307 g/mol. The number of fused-ring (bicyclic) bond motifs is 1. The molecule has 5 heteroatoms. The molecule has 4 nitrogen and oxygen atoms in total. The highest BCUT2D eigenvalue weighted by molar-refractivity contribution is 5.77. The molecule has 0 saturated heterocycles. The molecule has 18 heavy (non-hydrogen) atoms. The Morgan fingerprint density at radius 3 is 2.72 bits per heavy atom. The molecule has 0 amide bonds. The van der Waals surface area contributed by atoms with Gasteiger partial charge in [-0.3, -0.25) is 4.79 Å². The number of nitrogens with one attached hydrogen (secondary N) is 2. The van der Waals surface area contributed by atoms with E-state index in [9.17, 15) is 4.79 Å². The number of halogens is 1. The molecule has 0 radical (unpaired) electrons. The average Bonchev–Trinajstić information content (AvgIpc) is 2.74. The summed E-state index contributed by atoms with van der Waals surface area (Å²) in [6.45, 7) is 0.